The molecule has 2 aromatic rings. The lowest BCUT2D eigenvalue weighted by Gasteiger charge is -2.33. The molecule has 2 aliphatic rings. The third kappa shape index (κ3) is 2.30. The molecular weight excluding hydrogens is 328 g/mol. The Hall–Kier alpha value is -2.82. The molecule has 0 aromatic heterocycles. The average Bonchev–Trinajstić information content (AvgIpc) is 2.84. The summed E-state index contributed by atoms with van der Waals surface area (Å²) < 4.78 is 0. The maximum atomic E-state index is 13.2. The number of carbonyl (C=O) groups is 2. The van der Waals surface area contributed by atoms with Gasteiger partial charge in [0.1, 0.15) is 5.75 Å². The van der Waals surface area contributed by atoms with Crippen LogP contribution >= 0.6 is 0 Å². The van der Waals surface area contributed by atoms with Crippen molar-refractivity contribution in [2.45, 2.75) is 38.5 Å². The molecule has 0 spiro atoms. The summed E-state index contributed by atoms with van der Waals surface area (Å²) in [6.45, 7) is 6.40. The molecule has 4 rings (SSSR count). The highest BCUT2D eigenvalue weighted by atomic mass is 16.3. The Kier molecular flexibility index (Phi) is 3.58. The Labute approximate surface area is 152 Å². The van der Waals surface area contributed by atoms with Crippen LogP contribution in [0.1, 0.15) is 54.6 Å². The van der Waals surface area contributed by atoms with Gasteiger partial charge in [-0.25, -0.2) is 0 Å². The molecule has 0 aliphatic carbocycles. The molecule has 0 fully saturated rings. The van der Waals surface area contributed by atoms with E-state index in [2.05, 4.69) is 12.2 Å². The molecule has 1 atom stereocenters. The molecule has 1 unspecified atom stereocenters. The predicted molar refractivity (Wildman–Crippen MR) is 101 cm³/mol. The van der Waals surface area contributed by atoms with Crippen LogP contribution in [0.25, 0.3) is 0 Å². The van der Waals surface area contributed by atoms with E-state index in [1.165, 1.54) is 0 Å². The van der Waals surface area contributed by atoms with Crippen LogP contribution in [0.15, 0.2) is 36.4 Å². The minimum atomic E-state index is -0.595. The second-order valence-corrected chi connectivity index (χ2v) is 7.70. The van der Waals surface area contributed by atoms with Crippen molar-refractivity contribution in [3.63, 3.8) is 0 Å². The third-order valence-corrected chi connectivity index (χ3v) is 5.63. The fraction of sp³-hybridized carbons (Fsp3) is 0.333. The van der Waals surface area contributed by atoms with Crippen molar-refractivity contribution in [3.05, 3.63) is 53.1 Å². The van der Waals surface area contributed by atoms with Crippen LogP contribution in [0, 0.1) is 0 Å². The Morgan fingerprint density at radius 3 is 2.81 bits per heavy atom. The molecule has 2 aliphatic heterocycles. The molecule has 2 aromatic carbocycles. The number of nitrogens with zero attached hydrogens (tertiary/aromatic N) is 1. The van der Waals surface area contributed by atoms with Gasteiger partial charge in [-0.05, 0) is 55.5 Å². The first-order valence-electron chi connectivity index (χ1n) is 8.90. The number of carbonyl (C=O) groups excluding carboxylic acids is 2. The molecule has 2 heterocycles. The van der Waals surface area contributed by atoms with Crippen molar-refractivity contribution in [1.82, 2.24) is 0 Å². The molecule has 2 amide bonds. The van der Waals surface area contributed by atoms with Crippen molar-refractivity contribution in [1.29, 1.82) is 0 Å². The summed E-state index contributed by atoms with van der Waals surface area (Å²) in [4.78, 5) is 27.0. The largest absolute Gasteiger partial charge is 0.506 e. The summed E-state index contributed by atoms with van der Waals surface area (Å²) >= 11 is 0. The van der Waals surface area contributed by atoms with Gasteiger partial charge in [0.2, 0.25) is 5.91 Å². The Morgan fingerprint density at radius 2 is 2.04 bits per heavy atom. The number of fused-ring (bicyclic) bond motifs is 2. The summed E-state index contributed by atoms with van der Waals surface area (Å²) in [6, 6.07) is 10.7. The van der Waals surface area contributed by atoms with Crippen LogP contribution in [-0.2, 0) is 10.2 Å². The van der Waals surface area contributed by atoms with E-state index in [9.17, 15) is 14.7 Å². The summed E-state index contributed by atoms with van der Waals surface area (Å²) in [5.41, 5.74) is 3.08. The molecule has 0 bridgehead atoms. The summed E-state index contributed by atoms with van der Waals surface area (Å²) in [5, 5.41) is 13.2. The van der Waals surface area contributed by atoms with Crippen LogP contribution in [0.5, 0.6) is 5.75 Å². The van der Waals surface area contributed by atoms with E-state index >= 15 is 0 Å². The Morgan fingerprint density at radius 1 is 1.27 bits per heavy atom. The second kappa shape index (κ2) is 5.59. The molecule has 0 saturated carbocycles. The zero-order valence-corrected chi connectivity index (χ0v) is 15.2. The number of rotatable bonds is 1. The lowest BCUT2D eigenvalue weighted by atomic mass is 9.85. The van der Waals surface area contributed by atoms with Crippen LogP contribution in [0.4, 0.5) is 11.4 Å². The number of anilines is 2. The van der Waals surface area contributed by atoms with E-state index in [4.69, 9.17) is 0 Å². The number of hydrogen-bond donors (Lipinski definition) is 2. The SMILES string of the molecule is CC1CCN(C(=O)c2ccc3c(c2)NC(=O)C3(C)C)c2c(O)cccc21. The monoisotopic (exact) mass is 350 g/mol. The molecule has 0 radical (unpaired) electrons. The lowest BCUT2D eigenvalue weighted by Crippen LogP contribution is -2.36. The molecule has 5 nitrogen and oxygen atoms in total. The smallest absolute Gasteiger partial charge is 0.258 e. The molecule has 134 valence electrons. The molecule has 0 saturated heterocycles. The molecule has 26 heavy (non-hydrogen) atoms. The van der Waals surface area contributed by atoms with Gasteiger partial charge in [0.15, 0.2) is 0 Å². The first-order valence-corrected chi connectivity index (χ1v) is 8.90. The van der Waals surface area contributed by atoms with Crippen molar-refractivity contribution >= 4 is 23.2 Å². The first kappa shape index (κ1) is 16.6. The van der Waals surface area contributed by atoms with Crippen molar-refractivity contribution in [2.24, 2.45) is 0 Å². The van der Waals surface area contributed by atoms with Gasteiger partial charge in [0.25, 0.3) is 5.91 Å². The van der Waals surface area contributed by atoms with E-state index in [0.29, 0.717) is 29.4 Å². The van der Waals surface area contributed by atoms with E-state index < -0.39 is 5.41 Å². The molecule has 2 N–H and O–H groups in total. The first-order chi connectivity index (χ1) is 12.3. The van der Waals surface area contributed by atoms with Gasteiger partial charge in [-0.3, -0.25) is 9.59 Å². The highest BCUT2D eigenvalue weighted by Gasteiger charge is 2.39. The van der Waals surface area contributed by atoms with Gasteiger partial charge in [0.05, 0.1) is 11.1 Å². The number of para-hydroxylation sites is 1. The number of nitrogens with one attached hydrogen (secondary N) is 1. The molecule has 5 heteroatoms. The average molecular weight is 350 g/mol. The quantitative estimate of drug-likeness (QED) is 0.822. The van der Waals surface area contributed by atoms with Crippen molar-refractivity contribution in [2.75, 3.05) is 16.8 Å². The Bertz CT molecular complexity index is 933. The maximum absolute atomic E-state index is 13.2. The van der Waals surface area contributed by atoms with Gasteiger partial charge < -0.3 is 15.3 Å². The summed E-state index contributed by atoms with van der Waals surface area (Å²) in [5.74, 6) is 0.188. The Balaban J connectivity index is 1.74. The topological polar surface area (TPSA) is 69.6 Å². The fourth-order valence-electron chi connectivity index (χ4n) is 3.92. The van der Waals surface area contributed by atoms with E-state index in [1.807, 2.05) is 32.0 Å². The number of amides is 2. The minimum Gasteiger partial charge on any atom is -0.506 e. The highest BCUT2D eigenvalue weighted by molar-refractivity contribution is 6.11. The van der Waals surface area contributed by atoms with Crippen LogP contribution in [-0.4, -0.2) is 23.5 Å². The van der Waals surface area contributed by atoms with Crippen LogP contribution in [0.2, 0.25) is 0 Å². The number of benzene rings is 2. The second-order valence-electron chi connectivity index (χ2n) is 7.70. The van der Waals surface area contributed by atoms with Gasteiger partial charge >= 0.3 is 0 Å². The maximum Gasteiger partial charge on any atom is 0.258 e. The number of aromatic hydroxyl groups is 1. The normalized spacial score (nSPS) is 20.3. The molecular formula is C21H22N2O3. The fourth-order valence-corrected chi connectivity index (χ4v) is 3.92. The highest BCUT2D eigenvalue weighted by Crippen LogP contribution is 2.42. The van der Waals surface area contributed by atoms with Crippen LogP contribution < -0.4 is 10.2 Å². The summed E-state index contributed by atoms with van der Waals surface area (Å²) in [6.07, 6.45) is 0.844. The third-order valence-electron chi connectivity index (χ3n) is 5.63. The zero-order valence-electron chi connectivity index (χ0n) is 15.2. The van der Waals surface area contributed by atoms with Crippen LogP contribution in [0.3, 0.4) is 0 Å². The van der Waals surface area contributed by atoms with E-state index in [1.54, 1.807) is 23.1 Å². The summed E-state index contributed by atoms with van der Waals surface area (Å²) in [7, 11) is 0. The number of hydrogen-bond acceptors (Lipinski definition) is 3. The lowest BCUT2D eigenvalue weighted by molar-refractivity contribution is -0.119. The van der Waals surface area contributed by atoms with Gasteiger partial charge in [-0.1, -0.05) is 25.1 Å². The predicted octanol–water partition coefficient (Wildman–Crippen LogP) is 3.78. The zero-order chi connectivity index (χ0) is 18.6. The van der Waals surface area contributed by atoms with Crippen molar-refractivity contribution in [3.8, 4) is 5.75 Å². The van der Waals surface area contributed by atoms with Crippen molar-refractivity contribution < 1.29 is 14.7 Å². The van der Waals surface area contributed by atoms with Gasteiger partial charge in [0, 0.05) is 17.8 Å². The van der Waals surface area contributed by atoms with E-state index in [-0.39, 0.29) is 17.6 Å². The van der Waals surface area contributed by atoms with E-state index in [0.717, 1.165) is 17.5 Å². The van der Waals surface area contributed by atoms with Gasteiger partial charge in [-0.2, -0.15) is 0 Å². The standard InChI is InChI=1S/C21H22N2O3/c1-12-9-10-23(18-14(12)5-4-6-17(18)24)19(25)13-7-8-15-16(11-13)22-20(26)21(15,2)3/h4-8,11-12,24H,9-10H2,1-3H3,(H,22,26). The minimum absolute atomic E-state index is 0.0631. The number of phenols is 1. The number of phenolic OH excluding ortho intramolecular Hbond substituents is 1. The van der Waals surface area contributed by atoms with Gasteiger partial charge in [-0.15, -0.1) is 0 Å².